The molecular weight excluding hydrogens is 164 g/mol. The summed E-state index contributed by atoms with van der Waals surface area (Å²) in [6.07, 6.45) is 2.40. The quantitative estimate of drug-likeness (QED) is 0.705. The van der Waals surface area contributed by atoms with Crippen molar-refractivity contribution in [3.05, 3.63) is 0 Å². The van der Waals surface area contributed by atoms with E-state index in [-0.39, 0.29) is 5.91 Å². The van der Waals surface area contributed by atoms with E-state index < -0.39 is 0 Å². The molecule has 3 heteroatoms. The van der Waals surface area contributed by atoms with Crippen molar-refractivity contribution in [3.63, 3.8) is 0 Å². The second-order valence-electron chi connectivity index (χ2n) is 3.42. The van der Waals surface area contributed by atoms with Gasteiger partial charge in [0.05, 0.1) is 6.54 Å². The molecule has 0 aromatic heterocycles. The molecule has 1 aliphatic rings. The Bertz CT molecular complexity index is 140. The van der Waals surface area contributed by atoms with Crippen molar-refractivity contribution in [2.75, 3.05) is 19.6 Å². The lowest BCUT2D eigenvalue weighted by Gasteiger charge is -2.28. The number of primary amides is 1. The van der Waals surface area contributed by atoms with E-state index in [0.717, 1.165) is 19.0 Å². The van der Waals surface area contributed by atoms with Gasteiger partial charge in [0.25, 0.3) is 0 Å². The normalized spacial score (nSPS) is 19.0. The van der Waals surface area contributed by atoms with Crippen molar-refractivity contribution in [2.45, 2.75) is 33.6 Å². The molecule has 3 nitrogen and oxygen atoms in total. The molecule has 78 valence electrons. The molecule has 13 heavy (non-hydrogen) atoms. The highest BCUT2D eigenvalue weighted by atomic mass is 16.1. The van der Waals surface area contributed by atoms with E-state index in [1.165, 1.54) is 12.8 Å². The Morgan fingerprint density at radius 3 is 2.23 bits per heavy atom. The van der Waals surface area contributed by atoms with Gasteiger partial charge in [-0.05, 0) is 31.8 Å². The highest BCUT2D eigenvalue weighted by Gasteiger charge is 2.16. The van der Waals surface area contributed by atoms with Crippen LogP contribution in [0.1, 0.15) is 33.6 Å². The molecule has 1 aliphatic heterocycles. The van der Waals surface area contributed by atoms with E-state index in [4.69, 9.17) is 5.73 Å². The van der Waals surface area contributed by atoms with Gasteiger partial charge in [0.1, 0.15) is 0 Å². The lowest BCUT2D eigenvalue weighted by Crippen LogP contribution is -2.39. The zero-order valence-corrected chi connectivity index (χ0v) is 9.05. The Morgan fingerprint density at radius 1 is 1.38 bits per heavy atom. The molecule has 0 unspecified atom stereocenters. The number of carbonyl (C=O) groups is 1. The Hall–Kier alpha value is -0.570. The number of rotatable bonds is 2. The fourth-order valence-electron chi connectivity index (χ4n) is 1.44. The zero-order valence-electron chi connectivity index (χ0n) is 9.05. The smallest absolute Gasteiger partial charge is 0.231 e. The van der Waals surface area contributed by atoms with Crippen molar-refractivity contribution in [1.29, 1.82) is 0 Å². The minimum absolute atomic E-state index is 0.209. The number of hydrogen-bond donors (Lipinski definition) is 1. The van der Waals surface area contributed by atoms with Crippen LogP contribution in [0.2, 0.25) is 0 Å². The van der Waals surface area contributed by atoms with Gasteiger partial charge in [0.15, 0.2) is 0 Å². The summed E-state index contributed by atoms with van der Waals surface area (Å²) in [5.41, 5.74) is 5.08. The summed E-state index contributed by atoms with van der Waals surface area (Å²) >= 11 is 0. The molecule has 1 saturated heterocycles. The number of nitrogens with zero attached hydrogens (tertiary/aromatic N) is 1. The average Bonchev–Trinajstić information content (AvgIpc) is 2.12. The summed E-state index contributed by atoms with van der Waals surface area (Å²) in [4.78, 5) is 12.7. The molecule has 2 N–H and O–H groups in total. The Kier molecular flexibility index (Phi) is 6.59. The predicted octanol–water partition coefficient (Wildman–Crippen LogP) is 1.23. The second kappa shape index (κ2) is 6.89. The largest absolute Gasteiger partial charge is 0.369 e. The third kappa shape index (κ3) is 5.64. The summed E-state index contributed by atoms with van der Waals surface area (Å²) in [7, 11) is 0. The Labute approximate surface area is 81.3 Å². The molecule has 1 amide bonds. The van der Waals surface area contributed by atoms with E-state index in [9.17, 15) is 4.79 Å². The highest BCUT2D eigenvalue weighted by Crippen LogP contribution is 2.14. The van der Waals surface area contributed by atoms with Gasteiger partial charge < -0.3 is 5.73 Å². The summed E-state index contributed by atoms with van der Waals surface area (Å²) in [5.74, 6) is 0.610. The van der Waals surface area contributed by atoms with Crippen LogP contribution < -0.4 is 5.73 Å². The van der Waals surface area contributed by atoms with Crippen LogP contribution in [0.5, 0.6) is 0 Å². The van der Waals surface area contributed by atoms with Crippen molar-refractivity contribution in [3.8, 4) is 0 Å². The van der Waals surface area contributed by atoms with Gasteiger partial charge >= 0.3 is 0 Å². The molecule has 0 bridgehead atoms. The fourth-order valence-corrected chi connectivity index (χ4v) is 1.44. The molecule has 0 saturated carbocycles. The maximum Gasteiger partial charge on any atom is 0.231 e. The molecule has 1 rings (SSSR count). The average molecular weight is 186 g/mol. The van der Waals surface area contributed by atoms with E-state index >= 15 is 0 Å². The third-order valence-electron chi connectivity index (χ3n) is 2.26. The summed E-state index contributed by atoms with van der Waals surface area (Å²) in [5, 5.41) is 0. The molecule has 0 radical (unpaired) electrons. The van der Waals surface area contributed by atoms with Gasteiger partial charge in [0.2, 0.25) is 5.91 Å². The lowest BCUT2D eigenvalue weighted by atomic mass is 9.99. The monoisotopic (exact) mass is 186 g/mol. The molecule has 0 aromatic rings. The van der Waals surface area contributed by atoms with Crippen molar-refractivity contribution in [1.82, 2.24) is 4.90 Å². The van der Waals surface area contributed by atoms with Gasteiger partial charge in [-0.1, -0.05) is 20.8 Å². The van der Waals surface area contributed by atoms with Crippen molar-refractivity contribution < 1.29 is 4.79 Å². The summed E-state index contributed by atoms with van der Waals surface area (Å²) in [6, 6.07) is 0. The number of amides is 1. The fraction of sp³-hybridized carbons (Fsp3) is 0.900. The Balaban J connectivity index is 0.000000671. The lowest BCUT2D eigenvalue weighted by molar-refractivity contribution is -0.119. The van der Waals surface area contributed by atoms with Crippen LogP contribution in [0.3, 0.4) is 0 Å². The zero-order chi connectivity index (χ0) is 10.3. The number of carbonyl (C=O) groups excluding carboxylic acids is 1. The van der Waals surface area contributed by atoms with Crippen LogP contribution >= 0.6 is 0 Å². The molecule has 0 aliphatic carbocycles. The van der Waals surface area contributed by atoms with Crippen molar-refractivity contribution >= 4 is 5.91 Å². The maximum absolute atomic E-state index is 10.5. The topological polar surface area (TPSA) is 46.3 Å². The first-order chi connectivity index (χ1) is 6.18. The van der Waals surface area contributed by atoms with E-state index in [1.807, 2.05) is 13.8 Å². The minimum Gasteiger partial charge on any atom is -0.369 e. The molecule has 1 heterocycles. The van der Waals surface area contributed by atoms with Crippen LogP contribution in [0, 0.1) is 5.92 Å². The van der Waals surface area contributed by atoms with Crippen LogP contribution in [-0.4, -0.2) is 30.4 Å². The highest BCUT2D eigenvalue weighted by molar-refractivity contribution is 5.75. The van der Waals surface area contributed by atoms with Gasteiger partial charge in [-0.2, -0.15) is 0 Å². The first kappa shape index (κ1) is 12.4. The predicted molar refractivity (Wildman–Crippen MR) is 55.4 cm³/mol. The van der Waals surface area contributed by atoms with Crippen LogP contribution in [0.4, 0.5) is 0 Å². The van der Waals surface area contributed by atoms with E-state index in [2.05, 4.69) is 11.8 Å². The van der Waals surface area contributed by atoms with E-state index in [0.29, 0.717) is 6.54 Å². The number of piperidine rings is 1. The van der Waals surface area contributed by atoms with Crippen LogP contribution in [0.15, 0.2) is 0 Å². The number of nitrogens with two attached hydrogens (primary N) is 1. The standard InChI is InChI=1S/C8H16N2O.C2H6/c1-7-2-4-10(5-3-7)6-8(9)11;1-2/h7H,2-6H2,1H3,(H2,9,11);1-2H3. The minimum atomic E-state index is -0.209. The molecule has 0 aromatic carbocycles. The summed E-state index contributed by atoms with van der Waals surface area (Å²) < 4.78 is 0. The van der Waals surface area contributed by atoms with E-state index in [1.54, 1.807) is 0 Å². The molecular formula is C10H22N2O. The van der Waals surface area contributed by atoms with Crippen molar-refractivity contribution in [2.24, 2.45) is 11.7 Å². The maximum atomic E-state index is 10.5. The Morgan fingerprint density at radius 2 is 1.85 bits per heavy atom. The van der Waals surface area contributed by atoms with Crippen LogP contribution in [-0.2, 0) is 4.79 Å². The first-order valence-electron chi connectivity index (χ1n) is 5.19. The third-order valence-corrected chi connectivity index (χ3v) is 2.26. The molecule has 0 atom stereocenters. The molecule has 0 spiro atoms. The number of hydrogen-bond acceptors (Lipinski definition) is 2. The van der Waals surface area contributed by atoms with Gasteiger partial charge in [-0.3, -0.25) is 9.69 Å². The molecule has 1 fully saturated rings. The first-order valence-corrected chi connectivity index (χ1v) is 5.19. The summed E-state index contributed by atoms with van der Waals surface area (Å²) in [6.45, 7) is 8.75. The van der Waals surface area contributed by atoms with Gasteiger partial charge in [-0.25, -0.2) is 0 Å². The SMILES string of the molecule is CC.CC1CCN(CC(N)=O)CC1. The number of likely N-dealkylation sites (tertiary alicyclic amines) is 1. The van der Waals surface area contributed by atoms with Gasteiger partial charge in [0, 0.05) is 0 Å². The van der Waals surface area contributed by atoms with Gasteiger partial charge in [-0.15, -0.1) is 0 Å². The second-order valence-corrected chi connectivity index (χ2v) is 3.42. The van der Waals surface area contributed by atoms with Crippen LogP contribution in [0.25, 0.3) is 0 Å².